The zero-order valence-corrected chi connectivity index (χ0v) is 7.23. The van der Waals surface area contributed by atoms with Crippen LogP contribution in [0.5, 0.6) is 0 Å². The summed E-state index contributed by atoms with van der Waals surface area (Å²) in [5, 5.41) is 12.2. The maximum absolute atomic E-state index is 9.58. The Hall–Kier alpha value is 0.430. The molecule has 0 saturated carbocycles. The summed E-state index contributed by atoms with van der Waals surface area (Å²) in [5.41, 5.74) is 0. The van der Waals surface area contributed by atoms with Crippen LogP contribution in [-0.2, 0) is 4.79 Å². The number of rotatable bonds is 3. The monoisotopic (exact) mass is 125 g/mol. The molecule has 0 radical (unpaired) electrons. The molecule has 0 unspecified atom stereocenters. The molecule has 0 atom stereocenters. The predicted octanol–water partition coefficient (Wildman–Crippen LogP) is -4.65. The molecule has 0 aliphatic carbocycles. The fraction of sp³-hybridized carbons (Fsp3) is 0.750. The van der Waals surface area contributed by atoms with Crippen LogP contribution in [0.1, 0.15) is 6.92 Å². The zero-order valence-electron chi connectivity index (χ0n) is 5.23. The molecule has 0 heterocycles. The number of aliphatic carboxylic acids is 1. The summed E-state index contributed by atoms with van der Waals surface area (Å²) < 4.78 is 0. The first-order valence-electron chi connectivity index (χ1n) is 2.18. The Morgan fingerprint density at radius 3 is 2.38 bits per heavy atom. The smallest absolute Gasteiger partial charge is 0.549 e. The van der Waals surface area contributed by atoms with Gasteiger partial charge in [0.1, 0.15) is 0 Å². The maximum atomic E-state index is 9.58. The normalized spacial score (nSPS) is 7.62. The molecule has 0 rings (SSSR count). The van der Waals surface area contributed by atoms with E-state index >= 15 is 0 Å². The number of carbonyl (C=O) groups excluding carboxylic acids is 1. The molecular weight excluding hydrogens is 117 g/mol. The largest absolute Gasteiger partial charge is 1.00 e. The van der Waals surface area contributed by atoms with E-state index in [9.17, 15) is 9.90 Å². The molecule has 0 fully saturated rings. The molecule has 4 heteroatoms. The minimum absolute atomic E-state index is 0. The molecule has 42 valence electrons. The van der Waals surface area contributed by atoms with E-state index in [1.54, 1.807) is 0 Å². The van der Waals surface area contributed by atoms with Gasteiger partial charge in [0.25, 0.3) is 0 Å². The summed E-state index contributed by atoms with van der Waals surface area (Å²) in [6.45, 7) is 2.47. The minimum Gasteiger partial charge on any atom is -0.549 e. The van der Waals surface area contributed by atoms with Crippen molar-refractivity contribution < 1.29 is 39.5 Å². The minimum atomic E-state index is -1.05. The Kier molecular flexibility index (Phi) is 10.5. The van der Waals surface area contributed by atoms with E-state index in [-0.39, 0.29) is 36.1 Å². The Morgan fingerprint density at radius 2 is 2.25 bits per heavy atom. The van der Waals surface area contributed by atoms with Crippen LogP contribution < -0.4 is 40.0 Å². The summed E-state index contributed by atoms with van der Waals surface area (Å²) in [6, 6.07) is 0. The van der Waals surface area contributed by atoms with Crippen LogP contribution in [0, 0.1) is 0 Å². The molecule has 8 heavy (non-hydrogen) atoms. The van der Waals surface area contributed by atoms with Gasteiger partial charge in [-0.15, -0.1) is 0 Å². The molecule has 0 bridgehead atoms. The number of carboxylic acids is 1. The van der Waals surface area contributed by atoms with Gasteiger partial charge in [-0.2, -0.15) is 0 Å². The first kappa shape index (κ1) is 11.3. The Balaban J connectivity index is 0. The van der Waals surface area contributed by atoms with Crippen molar-refractivity contribution in [1.29, 1.82) is 0 Å². The summed E-state index contributed by atoms with van der Waals surface area (Å²) in [5.74, 6) is -1.05. The molecule has 0 spiro atoms. The van der Waals surface area contributed by atoms with Crippen LogP contribution >= 0.6 is 0 Å². The zero-order chi connectivity index (χ0) is 5.70. The van der Waals surface area contributed by atoms with E-state index in [1.165, 1.54) is 0 Å². The Bertz CT molecular complexity index is 67.1. The summed E-state index contributed by atoms with van der Waals surface area (Å²) in [6.07, 6.45) is 0. The predicted molar refractivity (Wildman–Crippen MR) is 23.6 cm³/mol. The number of likely N-dealkylation sites (N-methyl/N-ethyl adjacent to an activating group) is 1. The van der Waals surface area contributed by atoms with Gasteiger partial charge in [0.2, 0.25) is 0 Å². The average molecular weight is 125 g/mol. The fourth-order valence-electron chi connectivity index (χ4n) is 0.227. The van der Waals surface area contributed by atoms with Crippen molar-refractivity contribution in [2.45, 2.75) is 6.92 Å². The first-order valence-corrected chi connectivity index (χ1v) is 2.18. The topological polar surface area (TPSA) is 52.2 Å². The maximum Gasteiger partial charge on any atom is 1.00 e. The Morgan fingerprint density at radius 1 is 1.75 bits per heavy atom. The van der Waals surface area contributed by atoms with Gasteiger partial charge in [-0.1, -0.05) is 6.92 Å². The van der Waals surface area contributed by atoms with Crippen molar-refractivity contribution in [1.82, 2.24) is 5.32 Å². The molecule has 0 aromatic rings. The number of nitrogens with one attached hydrogen (secondary N) is 1. The van der Waals surface area contributed by atoms with Gasteiger partial charge in [-0.05, 0) is 6.54 Å². The molecule has 0 amide bonds. The molecule has 0 saturated heterocycles. The first-order chi connectivity index (χ1) is 3.27. The van der Waals surface area contributed by atoms with E-state index in [2.05, 4.69) is 5.32 Å². The number of hydrogen-bond acceptors (Lipinski definition) is 3. The van der Waals surface area contributed by atoms with E-state index in [0.717, 1.165) is 0 Å². The van der Waals surface area contributed by atoms with E-state index in [0.29, 0.717) is 6.54 Å². The van der Waals surface area contributed by atoms with Gasteiger partial charge < -0.3 is 15.2 Å². The summed E-state index contributed by atoms with van der Waals surface area (Å²) in [4.78, 5) is 9.58. The van der Waals surface area contributed by atoms with Gasteiger partial charge in [0.05, 0.1) is 5.97 Å². The second-order valence-electron chi connectivity index (χ2n) is 1.15. The van der Waals surface area contributed by atoms with Gasteiger partial charge in [0.15, 0.2) is 0 Å². The second-order valence-corrected chi connectivity index (χ2v) is 1.15. The third kappa shape index (κ3) is 9.66. The van der Waals surface area contributed by atoms with Crippen LogP contribution in [0.4, 0.5) is 0 Å². The van der Waals surface area contributed by atoms with Gasteiger partial charge in [0, 0.05) is 6.54 Å². The molecule has 1 N–H and O–H groups in total. The Labute approximate surface area is 70.8 Å². The quantitative estimate of drug-likeness (QED) is 0.386. The number of hydrogen-bond donors (Lipinski definition) is 1. The average Bonchev–Trinajstić information content (AvgIpc) is 1.61. The van der Waals surface area contributed by atoms with Crippen LogP contribution in [0.3, 0.4) is 0 Å². The third-order valence-corrected chi connectivity index (χ3v) is 0.519. The molecule has 0 aromatic heterocycles. The van der Waals surface area contributed by atoms with Gasteiger partial charge in [-0.25, -0.2) is 0 Å². The van der Waals surface area contributed by atoms with Crippen molar-refractivity contribution in [2.24, 2.45) is 0 Å². The van der Waals surface area contributed by atoms with Crippen LogP contribution in [0.2, 0.25) is 0 Å². The molecule has 0 aliphatic heterocycles. The van der Waals surface area contributed by atoms with Crippen molar-refractivity contribution in [3.8, 4) is 0 Å². The molecule has 0 aromatic carbocycles. The van der Waals surface area contributed by atoms with E-state index in [4.69, 9.17) is 0 Å². The second kappa shape index (κ2) is 7.43. The number of carboxylic acid groups (broad SMARTS) is 1. The molecular formula is C4H8NNaO2. The number of carbonyl (C=O) groups is 1. The van der Waals surface area contributed by atoms with E-state index < -0.39 is 5.97 Å². The van der Waals surface area contributed by atoms with Gasteiger partial charge >= 0.3 is 29.6 Å². The van der Waals surface area contributed by atoms with Crippen LogP contribution in [-0.4, -0.2) is 19.1 Å². The van der Waals surface area contributed by atoms with Crippen LogP contribution in [0.15, 0.2) is 0 Å². The molecule has 0 aliphatic rings. The summed E-state index contributed by atoms with van der Waals surface area (Å²) >= 11 is 0. The van der Waals surface area contributed by atoms with Crippen molar-refractivity contribution in [3.63, 3.8) is 0 Å². The summed E-state index contributed by atoms with van der Waals surface area (Å²) in [7, 11) is 0. The third-order valence-electron chi connectivity index (χ3n) is 0.519. The van der Waals surface area contributed by atoms with Gasteiger partial charge in [-0.3, -0.25) is 0 Å². The standard InChI is InChI=1S/C4H9NO2.Na/c1-2-5-3-4(6)7;/h5H,2-3H2,1H3,(H,6,7);/q;+1/p-1. The van der Waals surface area contributed by atoms with Crippen molar-refractivity contribution in [3.05, 3.63) is 0 Å². The fourth-order valence-corrected chi connectivity index (χ4v) is 0.227. The SMILES string of the molecule is CCNCC(=O)[O-].[Na+]. The molecule has 3 nitrogen and oxygen atoms in total. The van der Waals surface area contributed by atoms with E-state index in [1.807, 2.05) is 6.92 Å². The van der Waals surface area contributed by atoms with Crippen molar-refractivity contribution in [2.75, 3.05) is 13.1 Å². The van der Waals surface area contributed by atoms with Crippen molar-refractivity contribution >= 4 is 5.97 Å². The van der Waals surface area contributed by atoms with Crippen LogP contribution in [0.25, 0.3) is 0 Å².